The van der Waals surface area contributed by atoms with Gasteiger partial charge in [-0.2, -0.15) is 0 Å². The average Bonchev–Trinajstić information content (AvgIpc) is 2.80. The molecule has 0 fully saturated rings. The second kappa shape index (κ2) is 12.7. The van der Waals surface area contributed by atoms with Crippen LogP contribution in [0.25, 0.3) is 12.2 Å². The lowest BCUT2D eigenvalue weighted by Gasteiger charge is -2.19. The molecule has 0 aliphatic heterocycles. The van der Waals surface area contributed by atoms with Gasteiger partial charge in [0.2, 0.25) is 5.75 Å². The van der Waals surface area contributed by atoms with Crippen LogP contribution in [0.1, 0.15) is 31.9 Å². The minimum atomic E-state index is -0.683. The van der Waals surface area contributed by atoms with Gasteiger partial charge in [-0.3, -0.25) is 0 Å². The lowest BCUT2D eigenvalue weighted by molar-refractivity contribution is -0.161. The van der Waals surface area contributed by atoms with Crippen LogP contribution in [-0.2, 0) is 19.1 Å². The van der Waals surface area contributed by atoms with Crippen molar-refractivity contribution in [3.05, 3.63) is 41.5 Å². The Morgan fingerprint density at radius 2 is 1.26 bits per heavy atom. The highest BCUT2D eigenvalue weighted by molar-refractivity contribution is 5.77. The SMILES string of the molecule is COc1ccc(C=Cc2cc(OC)c(OC)c(OC)c2)cc1OC(=O)COCC(=O)OC(C)(C)C. The van der Waals surface area contributed by atoms with Crippen LogP contribution in [0.2, 0.25) is 0 Å². The normalized spacial score (nSPS) is 11.2. The molecule has 0 aliphatic carbocycles. The van der Waals surface area contributed by atoms with Crippen molar-refractivity contribution in [2.24, 2.45) is 0 Å². The number of carbonyl (C=O) groups excluding carboxylic acids is 2. The van der Waals surface area contributed by atoms with E-state index in [1.54, 1.807) is 54.2 Å². The zero-order valence-electron chi connectivity index (χ0n) is 21.1. The monoisotopic (exact) mass is 488 g/mol. The third-order valence-electron chi connectivity index (χ3n) is 4.43. The van der Waals surface area contributed by atoms with Crippen molar-refractivity contribution < 1.29 is 42.7 Å². The van der Waals surface area contributed by atoms with E-state index in [1.165, 1.54) is 7.11 Å². The van der Waals surface area contributed by atoms with Crippen molar-refractivity contribution in [1.29, 1.82) is 0 Å². The summed E-state index contributed by atoms with van der Waals surface area (Å²) in [5.41, 5.74) is 0.922. The van der Waals surface area contributed by atoms with Crippen molar-refractivity contribution in [3.63, 3.8) is 0 Å². The van der Waals surface area contributed by atoms with Crippen LogP contribution in [-0.4, -0.2) is 59.2 Å². The fourth-order valence-electron chi connectivity index (χ4n) is 3.01. The third-order valence-corrected chi connectivity index (χ3v) is 4.43. The third kappa shape index (κ3) is 8.53. The highest BCUT2D eigenvalue weighted by Gasteiger charge is 2.17. The number of ether oxygens (including phenoxy) is 7. The molecule has 9 nitrogen and oxygen atoms in total. The molecule has 0 heterocycles. The van der Waals surface area contributed by atoms with Gasteiger partial charge in [0.15, 0.2) is 23.0 Å². The number of carbonyl (C=O) groups is 2. The van der Waals surface area contributed by atoms with Crippen LogP contribution < -0.4 is 23.7 Å². The van der Waals surface area contributed by atoms with E-state index < -0.39 is 24.1 Å². The first kappa shape index (κ1) is 27.5. The number of benzene rings is 2. The first-order valence-electron chi connectivity index (χ1n) is 10.8. The van der Waals surface area contributed by atoms with Crippen LogP contribution in [0.4, 0.5) is 0 Å². The van der Waals surface area contributed by atoms with Crippen LogP contribution in [0.5, 0.6) is 28.7 Å². The molecule has 0 saturated heterocycles. The summed E-state index contributed by atoms with van der Waals surface area (Å²) in [7, 11) is 6.11. The highest BCUT2D eigenvalue weighted by atomic mass is 16.6. The van der Waals surface area contributed by atoms with E-state index in [9.17, 15) is 9.59 Å². The molecular weight excluding hydrogens is 456 g/mol. The molecule has 0 radical (unpaired) electrons. The molecule has 0 N–H and O–H groups in total. The number of methoxy groups -OCH3 is 4. The molecule has 0 unspecified atom stereocenters. The van der Waals surface area contributed by atoms with Crippen molar-refractivity contribution in [2.45, 2.75) is 26.4 Å². The van der Waals surface area contributed by atoms with E-state index in [1.807, 2.05) is 30.4 Å². The summed E-state index contributed by atoms with van der Waals surface area (Å²) >= 11 is 0. The van der Waals surface area contributed by atoms with E-state index in [0.29, 0.717) is 23.0 Å². The molecule has 0 aliphatic rings. The molecule has 0 aromatic heterocycles. The van der Waals surface area contributed by atoms with Gasteiger partial charge in [0.05, 0.1) is 28.4 Å². The predicted octanol–water partition coefficient (Wildman–Crippen LogP) is 4.16. The van der Waals surface area contributed by atoms with Gasteiger partial charge in [0.25, 0.3) is 0 Å². The number of hydrogen-bond acceptors (Lipinski definition) is 9. The van der Waals surface area contributed by atoms with Gasteiger partial charge < -0.3 is 33.2 Å². The van der Waals surface area contributed by atoms with Gasteiger partial charge in [-0.15, -0.1) is 0 Å². The molecule has 0 amide bonds. The van der Waals surface area contributed by atoms with Crippen molar-refractivity contribution in [3.8, 4) is 28.7 Å². The maximum absolute atomic E-state index is 12.2. The highest BCUT2D eigenvalue weighted by Crippen LogP contribution is 2.38. The van der Waals surface area contributed by atoms with E-state index in [2.05, 4.69) is 0 Å². The summed E-state index contributed by atoms with van der Waals surface area (Å²) in [6, 6.07) is 8.76. The topological polar surface area (TPSA) is 98.8 Å². The van der Waals surface area contributed by atoms with Crippen LogP contribution in [0.3, 0.4) is 0 Å². The number of rotatable bonds is 11. The molecule has 9 heteroatoms. The standard InChI is InChI=1S/C26H32O9/c1-26(2,3)35-24(28)16-33-15-23(27)34-20-12-17(10-11-19(20)29-4)8-9-18-13-21(30-5)25(32-7)22(14-18)31-6/h8-14H,15-16H2,1-7H3. The fraction of sp³-hybridized carbons (Fsp3) is 0.385. The second-order valence-electron chi connectivity index (χ2n) is 8.26. The first-order chi connectivity index (χ1) is 16.6. The average molecular weight is 489 g/mol. The summed E-state index contributed by atoms with van der Waals surface area (Å²) in [6.45, 7) is 4.45. The zero-order valence-corrected chi connectivity index (χ0v) is 21.1. The molecule has 0 atom stereocenters. The molecule has 2 rings (SSSR count). The van der Waals surface area contributed by atoms with Crippen LogP contribution in [0.15, 0.2) is 30.3 Å². The maximum atomic E-state index is 12.2. The molecule has 190 valence electrons. The Bertz CT molecular complexity index is 1030. The minimum Gasteiger partial charge on any atom is -0.493 e. The van der Waals surface area contributed by atoms with E-state index in [0.717, 1.165) is 11.1 Å². The van der Waals surface area contributed by atoms with Gasteiger partial charge >= 0.3 is 11.9 Å². The Balaban J connectivity index is 2.11. The molecular formula is C26H32O9. The maximum Gasteiger partial charge on any atom is 0.337 e. The lowest BCUT2D eigenvalue weighted by atomic mass is 10.1. The predicted molar refractivity (Wildman–Crippen MR) is 130 cm³/mol. The molecule has 2 aromatic carbocycles. The summed E-state index contributed by atoms with van der Waals surface area (Å²) in [5, 5.41) is 0. The smallest absolute Gasteiger partial charge is 0.337 e. The summed E-state index contributed by atoms with van der Waals surface area (Å²) in [5.74, 6) is 0.893. The Morgan fingerprint density at radius 3 is 1.80 bits per heavy atom. The van der Waals surface area contributed by atoms with Gasteiger partial charge in [0, 0.05) is 0 Å². The first-order valence-corrected chi connectivity index (χ1v) is 10.8. The lowest BCUT2D eigenvalue weighted by Crippen LogP contribution is -2.27. The summed E-state index contributed by atoms with van der Waals surface area (Å²) < 4.78 is 37.0. The zero-order chi connectivity index (χ0) is 26.0. The summed E-state index contributed by atoms with van der Waals surface area (Å²) in [6.07, 6.45) is 3.68. The van der Waals surface area contributed by atoms with Gasteiger partial charge in [0.1, 0.15) is 18.8 Å². The van der Waals surface area contributed by atoms with Gasteiger partial charge in [-0.05, 0) is 56.2 Å². The van der Waals surface area contributed by atoms with Crippen molar-refractivity contribution in [2.75, 3.05) is 41.7 Å². The Hall–Kier alpha value is -3.72. The Labute approximate surface area is 205 Å². The quantitative estimate of drug-likeness (QED) is 0.262. The van der Waals surface area contributed by atoms with Crippen LogP contribution in [0, 0.1) is 0 Å². The van der Waals surface area contributed by atoms with Crippen molar-refractivity contribution in [1.82, 2.24) is 0 Å². The number of hydrogen-bond donors (Lipinski definition) is 0. The van der Waals surface area contributed by atoms with Crippen LogP contribution >= 0.6 is 0 Å². The van der Waals surface area contributed by atoms with E-state index >= 15 is 0 Å². The minimum absolute atomic E-state index is 0.213. The number of esters is 2. The van der Waals surface area contributed by atoms with E-state index in [4.69, 9.17) is 33.2 Å². The largest absolute Gasteiger partial charge is 0.493 e. The second-order valence-corrected chi connectivity index (χ2v) is 8.26. The molecule has 35 heavy (non-hydrogen) atoms. The Morgan fingerprint density at radius 1 is 0.714 bits per heavy atom. The fourth-order valence-corrected chi connectivity index (χ4v) is 3.01. The molecule has 0 saturated carbocycles. The molecule has 0 spiro atoms. The van der Waals surface area contributed by atoms with Crippen molar-refractivity contribution >= 4 is 24.1 Å². The molecule has 2 aromatic rings. The van der Waals surface area contributed by atoms with E-state index in [-0.39, 0.29) is 12.4 Å². The van der Waals surface area contributed by atoms with Gasteiger partial charge in [-0.1, -0.05) is 18.2 Å². The molecule has 0 bridgehead atoms. The van der Waals surface area contributed by atoms with Gasteiger partial charge in [-0.25, -0.2) is 9.59 Å². The summed E-state index contributed by atoms with van der Waals surface area (Å²) in [4.78, 5) is 23.9. The Kier molecular flexibility index (Phi) is 9.96.